The number of nitrogens with two attached hydrogens (primary N) is 1. The summed E-state index contributed by atoms with van der Waals surface area (Å²) in [5.74, 6) is 6.15. The summed E-state index contributed by atoms with van der Waals surface area (Å²) in [4.78, 5) is 16.1. The van der Waals surface area contributed by atoms with Crippen molar-refractivity contribution in [2.75, 3.05) is 18.6 Å². The maximum Gasteiger partial charge on any atom is 0.253 e. The second kappa shape index (κ2) is 6.49. The maximum atomic E-state index is 12.1. The Labute approximate surface area is 112 Å². The molecule has 1 fully saturated rings. The molecule has 1 unspecified atom stereocenters. The van der Waals surface area contributed by atoms with Crippen molar-refractivity contribution in [3.8, 4) is 0 Å². The third-order valence-corrected chi connectivity index (χ3v) is 3.51. The minimum Gasteiger partial charge on any atom is -0.381 e. The molecule has 1 saturated heterocycles. The number of nitrogens with one attached hydrogen (secondary N) is 2. The number of carbonyl (C=O) groups is 1. The molecule has 19 heavy (non-hydrogen) atoms. The minimum atomic E-state index is -0.102. The molecule has 6 heteroatoms. The number of pyridine rings is 1. The first kappa shape index (κ1) is 13.8. The van der Waals surface area contributed by atoms with Crippen molar-refractivity contribution in [3.63, 3.8) is 0 Å². The van der Waals surface area contributed by atoms with Crippen molar-refractivity contribution in [2.45, 2.75) is 25.8 Å². The van der Waals surface area contributed by atoms with Gasteiger partial charge in [-0.1, -0.05) is 0 Å². The molecule has 2 rings (SSSR count). The Kier molecular flexibility index (Phi) is 4.70. The van der Waals surface area contributed by atoms with Crippen LogP contribution in [0.3, 0.4) is 0 Å². The number of ether oxygens (including phenoxy) is 1. The van der Waals surface area contributed by atoms with Crippen LogP contribution in [-0.2, 0) is 4.74 Å². The predicted octanol–water partition coefficient (Wildman–Crippen LogP) is 0.912. The first-order valence-corrected chi connectivity index (χ1v) is 6.52. The molecule has 0 bridgehead atoms. The molecule has 1 aromatic heterocycles. The van der Waals surface area contributed by atoms with Crippen molar-refractivity contribution < 1.29 is 9.53 Å². The molecule has 1 amide bonds. The zero-order chi connectivity index (χ0) is 13.7. The van der Waals surface area contributed by atoms with Crippen LogP contribution in [0.4, 0.5) is 5.82 Å². The van der Waals surface area contributed by atoms with Crippen LogP contribution < -0.4 is 16.6 Å². The average molecular weight is 264 g/mol. The van der Waals surface area contributed by atoms with E-state index in [1.54, 1.807) is 12.1 Å². The largest absolute Gasteiger partial charge is 0.381 e. The van der Waals surface area contributed by atoms with E-state index in [0.717, 1.165) is 26.1 Å². The van der Waals surface area contributed by atoms with Gasteiger partial charge >= 0.3 is 0 Å². The molecule has 6 nitrogen and oxygen atoms in total. The lowest BCUT2D eigenvalue weighted by Gasteiger charge is -2.28. The number of hydrazine groups is 1. The van der Waals surface area contributed by atoms with Gasteiger partial charge in [0, 0.05) is 25.5 Å². The highest BCUT2D eigenvalue weighted by atomic mass is 16.5. The van der Waals surface area contributed by atoms with Gasteiger partial charge in [-0.3, -0.25) is 4.79 Å². The summed E-state index contributed by atoms with van der Waals surface area (Å²) in [6.45, 7) is 3.60. The van der Waals surface area contributed by atoms with Crippen LogP contribution in [0.15, 0.2) is 18.3 Å². The van der Waals surface area contributed by atoms with Crippen molar-refractivity contribution in [1.82, 2.24) is 10.3 Å². The van der Waals surface area contributed by atoms with Crippen molar-refractivity contribution in [3.05, 3.63) is 23.9 Å². The van der Waals surface area contributed by atoms with E-state index in [9.17, 15) is 4.79 Å². The summed E-state index contributed by atoms with van der Waals surface area (Å²) in [5, 5.41) is 3.02. The fraction of sp³-hybridized carbons (Fsp3) is 0.538. The predicted molar refractivity (Wildman–Crippen MR) is 72.5 cm³/mol. The van der Waals surface area contributed by atoms with E-state index < -0.39 is 0 Å². The van der Waals surface area contributed by atoms with E-state index in [2.05, 4.69) is 15.7 Å². The van der Waals surface area contributed by atoms with Gasteiger partial charge in [-0.25, -0.2) is 10.8 Å². The molecule has 1 atom stereocenters. The zero-order valence-electron chi connectivity index (χ0n) is 11.1. The van der Waals surface area contributed by atoms with Crippen LogP contribution in [-0.4, -0.2) is 30.1 Å². The summed E-state index contributed by atoms with van der Waals surface area (Å²) in [6, 6.07) is 3.52. The van der Waals surface area contributed by atoms with E-state index in [0.29, 0.717) is 17.3 Å². The van der Waals surface area contributed by atoms with Crippen molar-refractivity contribution in [1.29, 1.82) is 0 Å². The molecular formula is C13H20N4O2. The van der Waals surface area contributed by atoms with Crippen LogP contribution in [0.5, 0.6) is 0 Å². The van der Waals surface area contributed by atoms with E-state index in [-0.39, 0.29) is 11.9 Å². The van der Waals surface area contributed by atoms with Gasteiger partial charge in [0.1, 0.15) is 5.82 Å². The highest BCUT2D eigenvalue weighted by molar-refractivity contribution is 5.94. The number of anilines is 1. The SMILES string of the molecule is CC(NC(=O)c1ccc(NN)nc1)C1CCOCC1. The second-order valence-corrected chi connectivity index (χ2v) is 4.79. The monoisotopic (exact) mass is 264 g/mol. The lowest BCUT2D eigenvalue weighted by molar-refractivity contribution is 0.0538. The Bertz CT molecular complexity index is 415. The van der Waals surface area contributed by atoms with Crippen molar-refractivity contribution >= 4 is 11.7 Å². The number of nitrogen functional groups attached to an aromatic ring is 1. The lowest BCUT2D eigenvalue weighted by atomic mass is 9.93. The first-order chi connectivity index (χ1) is 9.20. The van der Waals surface area contributed by atoms with Gasteiger partial charge in [-0.05, 0) is 37.8 Å². The molecule has 104 valence electrons. The Balaban J connectivity index is 1.91. The standard InChI is InChI=1S/C13H20N4O2/c1-9(10-4-6-19-7-5-10)16-13(18)11-2-3-12(17-14)15-8-11/h2-3,8-10H,4-7,14H2,1H3,(H,15,17)(H,16,18). The Morgan fingerprint density at radius 3 is 2.79 bits per heavy atom. The number of nitrogens with zero attached hydrogens (tertiary/aromatic N) is 1. The molecule has 0 aromatic carbocycles. The first-order valence-electron chi connectivity index (χ1n) is 6.52. The number of hydrogen-bond acceptors (Lipinski definition) is 5. The Morgan fingerprint density at radius 2 is 2.21 bits per heavy atom. The summed E-state index contributed by atoms with van der Waals surface area (Å²) >= 11 is 0. The quantitative estimate of drug-likeness (QED) is 0.555. The number of carbonyl (C=O) groups excluding carboxylic acids is 1. The van der Waals surface area contributed by atoms with Gasteiger partial charge in [0.25, 0.3) is 5.91 Å². The van der Waals surface area contributed by atoms with Gasteiger partial charge in [0.05, 0.1) is 5.56 Å². The normalized spacial score (nSPS) is 17.8. The van der Waals surface area contributed by atoms with Crippen LogP contribution in [0, 0.1) is 5.92 Å². The number of hydrogen-bond donors (Lipinski definition) is 3. The van der Waals surface area contributed by atoms with E-state index in [1.807, 2.05) is 6.92 Å². The lowest BCUT2D eigenvalue weighted by Crippen LogP contribution is -2.40. The number of aromatic nitrogens is 1. The maximum absolute atomic E-state index is 12.1. The van der Waals surface area contributed by atoms with Crippen LogP contribution >= 0.6 is 0 Å². The van der Waals surface area contributed by atoms with Gasteiger partial charge in [-0.2, -0.15) is 0 Å². The van der Waals surface area contributed by atoms with Gasteiger partial charge in [-0.15, -0.1) is 0 Å². The van der Waals surface area contributed by atoms with Gasteiger partial charge in [0.15, 0.2) is 0 Å². The molecule has 0 aliphatic carbocycles. The van der Waals surface area contributed by atoms with Crippen LogP contribution in [0.1, 0.15) is 30.1 Å². The van der Waals surface area contributed by atoms with Crippen molar-refractivity contribution in [2.24, 2.45) is 11.8 Å². The molecule has 2 heterocycles. The molecule has 0 radical (unpaired) electrons. The number of amides is 1. The highest BCUT2D eigenvalue weighted by Gasteiger charge is 2.22. The minimum absolute atomic E-state index is 0.102. The third-order valence-electron chi connectivity index (χ3n) is 3.51. The third kappa shape index (κ3) is 3.65. The number of rotatable bonds is 4. The van der Waals surface area contributed by atoms with Crippen LogP contribution in [0.25, 0.3) is 0 Å². The Morgan fingerprint density at radius 1 is 1.47 bits per heavy atom. The molecule has 1 aliphatic rings. The molecule has 4 N–H and O–H groups in total. The molecular weight excluding hydrogens is 244 g/mol. The topological polar surface area (TPSA) is 89.3 Å². The van der Waals surface area contributed by atoms with E-state index in [4.69, 9.17) is 10.6 Å². The fourth-order valence-corrected chi connectivity index (χ4v) is 2.24. The molecule has 0 saturated carbocycles. The summed E-state index contributed by atoms with van der Waals surface area (Å²) in [7, 11) is 0. The van der Waals surface area contributed by atoms with E-state index >= 15 is 0 Å². The highest BCUT2D eigenvalue weighted by Crippen LogP contribution is 2.18. The fourth-order valence-electron chi connectivity index (χ4n) is 2.24. The van der Waals surface area contributed by atoms with Gasteiger partial charge < -0.3 is 15.5 Å². The average Bonchev–Trinajstić information content (AvgIpc) is 2.48. The summed E-state index contributed by atoms with van der Waals surface area (Å²) < 4.78 is 5.32. The van der Waals surface area contributed by atoms with Crippen LogP contribution in [0.2, 0.25) is 0 Å². The Hall–Kier alpha value is -1.66. The van der Waals surface area contributed by atoms with Gasteiger partial charge in [0.2, 0.25) is 0 Å². The molecule has 0 spiro atoms. The van der Waals surface area contributed by atoms with E-state index in [1.165, 1.54) is 6.20 Å². The molecule has 1 aliphatic heterocycles. The smallest absolute Gasteiger partial charge is 0.253 e. The second-order valence-electron chi connectivity index (χ2n) is 4.79. The summed E-state index contributed by atoms with van der Waals surface area (Å²) in [5.41, 5.74) is 2.97. The molecule has 1 aromatic rings. The zero-order valence-corrected chi connectivity index (χ0v) is 11.1. The summed E-state index contributed by atoms with van der Waals surface area (Å²) in [6.07, 6.45) is 3.51.